The van der Waals surface area contributed by atoms with Crippen LogP contribution in [0.15, 0.2) is 24.3 Å². The van der Waals surface area contributed by atoms with Crippen LogP contribution in [0.2, 0.25) is 0 Å². The Labute approximate surface area is 99.4 Å². The van der Waals surface area contributed by atoms with E-state index in [1.807, 2.05) is 13.0 Å². The standard InChI is InChI=1S/C12H15NO4/c1-9-3-2-4-10(7-9)12(16)13-8-11(15)17-6-5-14/h2-4,7,14H,5-6,8H2,1H3,(H,13,16). The lowest BCUT2D eigenvalue weighted by atomic mass is 10.1. The largest absolute Gasteiger partial charge is 0.462 e. The monoisotopic (exact) mass is 237 g/mol. The summed E-state index contributed by atoms with van der Waals surface area (Å²) in [5, 5.41) is 10.9. The number of hydrogen-bond donors (Lipinski definition) is 2. The number of ether oxygens (including phenoxy) is 1. The molecule has 0 aromatic heterocycles. The van der Waals surface area contributed by atoms with Crippen molar-refractivity contribution in [1.82, 2.24) is 5.32 Å². The number of hydrogen-bond acceptors (Lipinski definition) is 4. The van der Waals surface area contributed by atoms with Gasteiger partial charge in [0.05, 0.1) is 6.61 Å². The predicted molar refractivity (Wildman–Crippen MR) is 61.6 cm³/mol. The van der Waals surface area contributed by atoms with Crippen molar-refractivity contribution in [2.45, 2.75) is 6.92 Å². The highest BCUT2D eigenvalue weighted by Crippen LogP contribution is 2.03. The van der Waals surface area contributed by atoms with E-state index in [1.165, 1.54) is 0 Å². The quantitative estimate of drug-likeness (QED) is 0.720. The van der Waals surface area contributed by atoms with E-state index in [1.54, 1.807) is 18.2 Å². The Morgan fingerprint density at radius 2 is 2.18 bits per heavy atom. The third kappa shape index (κ3) is 4.65. The molecule has 1 aromatic rings. The second kappa shape index (κ2) is 6.65. The third-order valence-electron chi connectivity index (χ3n) is 2.03. The van der Waals surface area contributed by atoms with Gasteiger partial charge in [-0.3, -0.25) is 9.59 Å². The van der Waals surface area contributed by atoms with Crippen LogP contribution in [0, 0.1) is 6.92 Å². The molecule has 17 heavy (non-hydrogen) atoms. The summed E-state index contributed by atoms with van der Waals surface area (Å²) in [4.78, 5) is 22.7. The lowest BCUT2D eigenvalue weighted by Crippen LogP contribution is -2.31. The molecule has 92 valence electrons. The number of carbonyl (C=O) groups excluding carboxylic acids is 2. The third-order valence-corrected chi connectivity index (χ3v) is 2.03. The van der Waals surface area contributed by atoms with E-state index in [4.69, 9.17) is 5.11 Å². The van der Waals surface area contributed by atoms with Crippen LogP contribution < -0.4 is 5.32 Å². The maximum absolute atomic E-state index is 11.6. The highest BCUT2D eigenvalue weighted by molar-refractivity contribution is 5.96. The van der Waals surface area contributed by atoms with Gasteiger partial charge in [0.1, 0.15) is 13.2 Å². The molecule has 0 fully saturated rings. The molecular formula is C12H15NO4. The molecule has 0 aliphatic rings. The SMILES string of the molecule is Cc1cccc(C(=O)NCC(=O)OCCO)c1. The molecule has 5 heteroatoms. The summed E-state index contributed by atoms with van der Waals surface area (Å²) >= 11 is 0. The summed E-state index contributed by atoms with van der Waals surface area (Å²) in [6.45, 7) is 1.40. The highest BCUT2D eigenvalue weighted by atomic mass is 16.5. The molecule has 0 unspecified atom stereocenters. The van der Waals surface area contributed by atoms with Gasteiger partial charge in [-0.1, -0.05) is 17.7 Å². The van der Waals surface area contributed by atoms with E-state index in [9.17, 15) is 9.59 Å². The predicted octanol–water partition coefficient (Wildman–Crippen LogP) is 0.260. The molecule has 1 amide bonds. The zero-order valence-corrected chi connectivity index (χ0v) is 9.60. The van der Waals surface area contributed by atoms with Crippen LogP contribution in [0.3, 0.4) is 0 Å². The van der Waals surface area contributed by atoms with Crippen molar-refractivity contribution < 1.29 is 19.4 Å². The maximum Gasteiger partial charge on any atom is 0.325 e. The molecule has 0 radical (unpaired) electrons. The Hall–Kier alpha value is -1.88. The van der Waals surface area contributed by atoms with Crippen LogP contribution in [-0.4, -0.2) is 36.7 Å². The van der Waals surface area contributed by atoms with Crippen LogP contribution in [0.1, 0.15) is 15.9 Å². The highest BCUT2D eigenvalue weighted by Gasteiger charge is 2.08. The van der Waals surface area contributed by atoms with Crippen molar-refractivity contribution >= 4 is 11.9 Å². The summed E-state index contributed by atoms with van der Waals surface area (Å²) in [7, 11) is 0. The lowest BCUT2D eigenvalue weighted by molar-refractivity contribution is -0.143. The van der Waals surface area contributed by atoms with Crippen LogP contribution in [0.5, 0.6) is 0 Å². The van der Waals surface area contributed by atoms with E-state index in [2.05, 4.69) is 10.1 Å². The topological polar surface area (TPSA) is 75.6 Å². The first-order valence-corrected chi connectivity index (χ1v) is 5.25. The fourth-order valence-electron chi connectivity index (χ4n) is 1.25. The van der Waals surface area contributed by atoms with Gasteiger partial charge in [0, 0.05) is 5.56 Å². The average molecular weight is 237 g/mol. The van der Waals surface area contributed by atoms with Crippen molar-refractivity contribution in [3.8, 4) is 0 Å². The van der Waals surface area contributed by atoms with Crippen LogP contribution in [-0.2, 0) is 9.53 Å². The van der Waals surface area contributed by atoms with Crippen LogP contribution in [0.25, 0.3) is 0 Å². The maximum atomic E-state index is 11.6. The number of esters is 1. The van der Waals surface area contributed by atoms with Gasteiger partial charge in [0.25, 0.3) is 5.91 Å². The second-order valence-electron chi connectivity index (χ2n) is 3.50. The number of amides is 1. The number of nitrogens with one attached hydrogen (secondary N) is 1. The van der Waals surface area contributed by atoms with Gasteiger partial charge >= 0.3 is 5.97 Å². The fourth-order valence-corrected chi connectivity index (χ4v) is 1.25. The lowest BCUT2D eigenvalue weighted by Gasteiger charge is -2.05. The molecule has 0 bridgehead atoms. The Bertz CT molecular complexity index is 403. The molecule has 0 atom stereocenters. The fraction of sp³-hybridized carbons (Fsp3) is 0.333. The Balaban J connectivity index is 2.42. The molecule has 0 heterocycles. The molecule has 0 saturated carbocycles. The first-order valence-electron chi connectivity index (χ1n) is 5.25. The molecule has 0 spiro atoms. The van der Waals surface area contributed by atoms with Gasteiger partial charge in [-0.2, -0.15) is 0 Å². The molecule has 1 aromatic carbocycles. The van der Waals surface area contributed by atoms with Crippen LogP contribution >= 0.6 is 0 Å². The summed E-state index contributed by atoms with van der Waals surface area (Å²) in [5.74, 6) is -0.894. The molecule has 2 N–H and O–H groups in total. The average Bonchev–Trinajstić information content (AvgIpc) is 2.33. The van der Waals surface area contributed by atoms with Crippen molar-refractivity contribution in [1.29, 1.82) is 0 Å². The Morgan fingerprint density at radius 3 is 2.82 bits per heavy atom. The molecule has 0 aliphatic carbocycles. The van der Waals surface area contributed by atoms with Crippen molar-refractivity contribution in [2.75, 3.05) is 19.8 Å². The van der Waals surface area contributed by atoms with E-state index in [0.29, 0.717) is 5.56 Å². The number of aliphatic hydroxyl groups excluding tert-OH is 1. The smallest absolute Gasteiger partial charge is 0.325 e. The summed E-state index contributed by atoms with van der Waals surface area (Å²) < 4.78 is 4.60. The number of aryl methyl sites for hydroxylation is 1. The normalized spacial score (nSPS) is 9.76. The first-order chi connectivity index (χ1) is 8.13. The zero-order chi connectivity index (χ0) is 12.7. The van der Waals surface area contributed by atoms with Crippen molar-refractivity contribution in [3.05, 3.63) is 35.4 Å². The number of benzene rings is 1. The van der Waals surface area contributed by atoms with Gasteiger partial charge in [0.2, 0.25) is 0 Å². The summed E-state index contributed by atoms with van der Waals surface area (Å²) in [6, 6.07) is 7.05. The van der Waals surface area contributed by atoms with Crippen molar-refractivity contribution in [3.63, 3.8) is 0 Å². The second-order valence-corrected chi connectivity index (χ2v) is 3.50. The van der Waals surface area contributed by atoms with E-state index in [-0.39, 0.29) is 25.7 Å². The molecule has 0 aliphatic heterocycles. The van der Waals surface area contributed by atoms with E-state index >= 15 is 0 Å². The number of aliphatic hydroxyl groups is 1. The summed E-state index contributed by atoms with van der Waals surface area (Å²) in [5.41, 5.74) is 1.47. The van der Waals surface area contributed by atoms with Gasteiger partial charge in [-0.05, 0) is 19.1 Å². The van der Waals surface area contributed by atoms with Gasteiger partial charge in [-0.15, -0.1) is 0 Å². The van der Waals surface area contributed by atoms with Gasteiger partial charge in [-0.25, -0.2) is 0 Å². The molecule has 1 rings (SSSR count). The minimum atomic E-state index is -0.569. The van der Waals surface area contributed by atoms with Gasteiger partial charge in [0.15, 0.2) is 0 Å². The molecule has 0 saturated heterocycles. The van der Waals surface area contributed by atoms with Gasteiger partial charge < -0.3 is 15.2 Å². The minimum Gasteiger partial charge on any atom is -0.462 e. The number of carbonyl (C=O) groups is 2. The van der Waals surface area contributed by atoms with E-state index < -0.39 is 5.97 Å². The summed E-state index contributed by atoms with van der Waals surface area (Å²) in [6.07, 6.45) is 0. The number of rotatable bonds is 5. The molecule has 5 nitrogen and oxygen atoms in total. The van der Waals surface area contributed by atoms with E-state index in [0.717, 1.165) is 5.56 Å². The Morgan fingerprint density at radius 1 is 1.41 bits per heavy atom. The van der Waals surface area contributed by atoms with Crippen LogP contribution in [0.4, 0.5) is 0 Å². The minimum absolute atomic E-state index is 0.0564. The first kappa shape index (κ1) is 13.2. The van der Waals surface area contributed by atoms with Crippen molar-refractivity contribution in [2.24, 2.45) is 0 Å². The zero-order valence-electron chi connectivity index (χ0n) is 9.60. The Kier molecular flexibility index (Phi) is 5.16. The molecular weight excluding hydrogens is 222 g/mol.